The molecule has 1 rings (SSSR count). The van der Waals surface area contributed by atoms with E-state index in [0.717, 1.165) is 0 Å². The smallest absolute Gasteiger partial charge is 0.255 e. The van der Waals surface area contributed by atoms with Crippen molar-refractivity contribution >= 4 is 5.91 Å². The number of carbonyl (C=O) groups is 1. The lowest BCUT2D eigenvalue weighted by atomic mass is 10.2. The highest BCUT2D eigenvalue weighted by Crippen LogP contribution is 2.05. The first kappa shape index (κ1) is 9.40. The third-order valence-electron chi connectivity index (χ3n) is 1.59. The molecule has 3 nitrogen and oxygen atoms in total. The first-order valence-electron chi connectivity index (χ1n) is 3.95. The second kappa shape index (κ2) is 3.81. The molecule has 1 heterocycles. The standard InChI is InChI=1S/C10H11NO2/c1-4-7(2)11-10(12)9-5-8(3)13-6-9/h1,5-7H,2-3H3,(H,11,12). The van der Waals surface area contributed by atoms with Crippen molar-refractivity contribution in [3.8, 4) is 12.3 Å². The topological polar surface area (TPSA) is 42.2 Å². The van der Waals surface area contributed by atoms with E-state index < -0.39 is 0 Å². The van der Waals surface area contributed by atoms with E-state index in [9.17, 15) is 4.79 Å². The van der Waals surface area contributed by atoms with E-state index in [0.29, 0.717) is 11.3 Å². The Bertz CT molecular complexity index is 346. The van der Waals surface area contributed by atoms with Crippen molar-refractivity contribution in [3.63, 3.8) is 0 Å². The normalized spacial score (nSPS) is 11.8. The van der Waals surface area contributed by atoms with E-state index in [1.165, 1.54) is 6.26 Å². The van der Waals surface area contributed by atoms with Gasteiger partial charge in [0.2, 0.25) is 0 Å². The molecule has 0 saturated heterocycles. The van der Waals surface area contributed by atoms with Gasteiger partial charge in [-0.25, -0.2) is 0 Å². The predicted octanol–water partition coefficient (Wildman–Crippen LogP) is 1.34. The molecule has 0 saturated carbocycles. The van der Waals surface area contributed by atoms with Crippen LogP contribution in [0.4, 0.5) is 0 Å². The molecule has 1 aromatic rings. The summed E-state index contributed by atoms with van der Waals surface area (Å²) in [5.41, 5.74) is 0.500. The molecule has 1 aromatic heterocycles. The largest absolute Gasteiger partial charge is 0.469 e. The summed E-state index contributed by atoms with van der Waals surface area (Å²) in [4.78, 5) is 11.4. The van der Waals surface area contributed by atoms with Crippen molar-refractivity contribution in [1.29, 1.82) is 0 Å². The first-order chi connectivity index (χ1) is 6.13. The molecule has 0 aliphatic rings. The van der Waals surface area contributed by atoms with Crippen LogP contribution in [0.3, 0.4) is 0 Å². The molecular formula is C10H11NO2. The SMILES string of the molecule is C#CC(C)NC(=O)c1coc(C)c1. The molecule has 3 heteroatoms. The third kappa shape index (κ3) is 2.38. The Morgan fingerprint density at radius 2 is 2.46 bits per heavy atom. The number of nitrogens with one attached hydrogen (secondary N) is 1. The summed E-state index contributed by atoms with van der Waals surface area (Å²) in [7, 11) is 0. The molecule has 1 atom stereocenters. The van der Waals surface area contributed by atoms with Gasteiger partial charge in [0.05, 0.1) is 11.6 Å². The number of aryl methyl sites for hydroxylation is 1. The Morgan fingerprint density at radius 1 is 1.77 bits per heavy atom. The van der Waals surface area contributed by atoms with Crippen LogP contribution in [0.5, 0.6) is 0 Å². The van der Waals surface area contributed by atoms with Gasteiger partial charge in [-0.1, -0.05) is 5.92 Å². The molecule has 13 heavy (non-hydrogen) atoms. The molecule has 0 spiro atoms. The van der Waals surface area contributed by atoms with Gasteiger partial charge in [0.1, 0.15) is 12.0 Å². The van der Waals surface area contributed by atoms with Gasteiger partial charge in [-0.2, -0.15) is 0 Å². The second-order valence-electron chi connectivity index (χ2n) is 2.81. The van der Waals surface area contributed by atoms with Crippen LogP contribution in [0.1, 0.15) is 23.0 Å². The van der Waals surface area contributed by atoms with Crippen LogP contribution in [0.2, 0.25) is 0 Å². The average molecular weight is 177 g/mol. The van der Waals surface area contributed by atoms with Crippen LogP contribution < -0.4 is 5.32 Å². The second-order valence-corrected chi connectivity index (χ2v) is 2.81. The van der Waals surface area contributed by atoms with Gasteiger partial charge in [0.15, 0.2) is 0 Å². The van der Waals surface area contributed by atoms with Crippen molar-refractivity contribution in [3.05, 3.63) is 23.7 Å². The Kier molecular flexibility index (Phi) is 2.76. The lowest BCUT2D eigenvalue weighted by Crippen LogP contribution is -2.30. The summed E-state index contributed by atoms with van der Waals surface area (Å²) in [6, 6.07) is 1.40. The molecular weight excluding hydrogens is 166 g/mol. The molecule has 1 unspecified atom stereocenters. The monoisotopic (exact) mass is 177 g/mol. The Morgan fingerprint density at radius 3 is 2.92 bits per heavy atom. The number of hydrogen-bond acceptors (Lipinski definition) is 2. The van der Waals surface area contributed by atoms with Crippen LogP contribution in [-0.2, 0) is 0 Å². The van der Waals surface area contributed by atoms with Gasteiger partial charge < -0.3 is 9.73 Å². The highest BCUT2D eigenvalue weighted by atomic mass is 16.3. The summed E-state index contributed by atoms with van der Waals surface area (Å²) < 4.78 is 4.99. The zero-order chi connectivity index (χ0) is 9.84. The van der Waals surface area contributed by atoms with Crippen molar-refractivity contribution in [2.24, 2.45) is 0 Å². The molecule has 0 aliphatic heterocycles. The lowest BCUT2D eigenvalue weighted by molar-refractivity contribution is 0.0947. The molecule has 1 amide bonds. The summed E-state index contributed by atoms with van der Waals surface area (Å²) in [5, 5.41) is 2.62. The number of amides is 1. The quantitative estimate of drug-likeness (QED) is 0.692. The lowest BCUT2D eigenvalue weighted by Gasteiger charge is -2.04. The van der Waals surface area contributed by atoms with Crippen LogP contribution in [-0.4, -0.2) is 11.9 Å². The van der Waals surface area contributed by atoms with Gasteiger partial charge in [0.25, 0.3) is 5.91 Å². The van der Waals surface area contributed by atoms with E-state index in [1.54, 1.807) is 19.9 Å². The van der Waals surface area contributed by atoms with Gasteiger partial charge >= 0.3 is 0 Å². The van der Waals surface area contributed by atoms with Crippen LogP contribution >= 0.6 is 0 Å². The van der Waals surface area contributed by atoms with Crippen molar-refractivity contribution < 1.29 is 9.21 Å². The van der Waals surface area contributed by atoms with E-state index in [4.69, 9.17) is 10.8 Å². The maximum Gasteiger partial charge on any atom is 0.255 e. The molecule has 0 bridgehead atoms. The molecule has 0 fully saturated rings. The summed E-state index contributed by atoms with van der Waals surface area (Å²) >= 11 is 0. The summed E-state index contributed by atoms with van der Waals surface area (Å²) in [6.45, 7) is 3.52. The van der Waals surface area contributed by atoms with E-state index in [1.807, 2.05) is 0 Å². The Labute approximate surface area is 77.1 Å². The number of carbonyl (C=O) groups excluding carboxylic acids is 1. The Balaban J connectivity index is 2.65. The zero-order valence-electron chi connectivity index (χ0n) is 7.63. The molecule has 0 radical (unpaired) electrons. The Hall–Kier alpha value is -1.69. The third-order valence-corrected chi connectivity index (χ3v) is 1.59. The van der Waals surface area contributed by atoms with Gasteiger partial charge in [-0.15, -0.1) is 6.42 Å². The number of hydrogen-bond donors (Lipinski definition) is 1. The molecule has 68 valence electrons. The number of furan rings is 1. The highest BCUT2D eigenvalue weighted by molar-refractivity contribution is 5.94. The van der Waals surface area contributed by atoms with Gasteiger partial charge in [0, 0.05) is 0 Å². The van der Waals surface area contributed by atoms with Crippen molar-refractivity contribution in [2.45, 2.75) is 19.9 Å². The maximum atomic E-state index is 11.4. The summed E-state index contributed by atoms with van der Waals surface area (Å²) in [5.74, 6) is 2.91. The molecule has 1 N–H and O–H groups in total. The van der Waals surface area contributed by atoms with Crippen LogP contribution in [0.15, 0.2) is 16.7 Å². The average Bonchev–Trinajstić information content (AvgIpc) is 2.51. The fourth-order valence-corrected chi connectivity index (χ4v) is 0.884. The fourth-order valence-electron chi connectivity index (χ4n) is 0.884. The maximum absolute atomic E-state index is 11.4. The van der Waals surface area contributed by atoms with Crippen LogP contribution in [0.25, 0.3) is 0 Å². The minimum atomic E-state index is -0.261. The zero-order valence-corrected chi connectivity index (χ0v) is 7.63. The highest BCUT2D eigenvalue weighted by Gasteiger charge is 2.09. The number of terminal acetylenes is 1. The van der Waals surface area contributed by atoms with E-state index in [2.05, 4.69) is 11.2 Å². The van der Waals surface area contributed by atoms with Crippen molar-refractivity contribution in [2.75, 3.05) is 0 Å². The van der Waals surface area contributed by atoms with Crippen molar-refractivity contribution in [1.82, 2.24) is 5.32 Å². The number of rotatable bonds is 2. The predicted molar refractivity (Wildman–Crippen MR) is 49.2 cm³/mol. The first-order valence-corrected chi connectivity index (χ1v) is 3.95. The molecule has 0 aliphatic carbocycles. The van der Waals surface area contributed by atoms with Crippen LogP contribution in [0, 0.1) is 19.3 Å². The minimum absolute atomic E-state index is 0.206. The van der Waals surface area contributed by atoms with E-state index in [-0.39, 0.29) is 11.9 Å². The molecule has 0 aromatic carbocycles. The summed E-state index contributed by atoms with van der Waals surface area (Å²) in [6.07, 6.45) is 6.53. The minimum Gasteiger partial charge on any atom is -0.469 e. The van der Waals surface area contributed by atoms with Gasteiger partial charge in [-0.3, -0.25) is 4.79 Å². The van der Waals surface area contributed by atoms with E-state index >= 15 is 0 Å². The fraction of sp³-hybridized carbons (Fsp3) is 0.300. The van der Waals surface area contributed by atoms with Gasteiger partial charge in [-0.05, 0) is 19.9 Å².